The van der Waals surface area contributed by atoms with Gasteiger partial charge in [0, 0.05) is 30.9 Å². The first-order valence-electron chi connectivity index (χ1n) is 9.86. The van der Waals surface area contributed by atoms with Crippen LogP contribution in [0.2, 0.25) is 0 Å². The lowest BCUT2D eigenvalue weighted by molar-refractivity contribution is -0.126. The van der Waals surface area contributed by atoms with E-state index in [1.165, 1.54) is 0 Å². The minimum atomic E-state index is -0.384. The van der Waals surface area contributed by atoms with Crippen LogP contribution < -0.4 is 25.0 Å². The quantitative estimate of drug-likeness (QED) is 0.604. The molecule has 0 aliphatic carbocycles. The molecular weight excluding hydrogens is 398 g/mol. The number of nitrogens with zero attached hydrogens (tertiary/aromatic N) is 1. The number of hydrogen-bond acceptors (Lipinski definition) is 5. The monoisotopic (exact) mass is 423 g/mol. The van der Waals surface area contributed by atoms with Gasteiger partial charge in [0.25, 0.3) is 5.91 Å². The first-order chi connectivity index (χ1) is 15.0. The lowest BCUT2D eigenvalue weighted by Crippen LogP contribution is -2.32. The smallest absolute Gasteiger partial charge is 0.262 e. The standard InChI is InChI=1S/C23H25N3O5/c1-3-12-24-23(29)16-13-22(28)26(14-16)18-6-10-20(11-7-18)31-15-21(27)25-17-4-8-19(30-2)9-5-17/h3-11,16H,1,12-15H2,2H3,(H,24,29)(H,25,27)/t16-/m0/s1. The van der Waals surface area contributed by atoms with Crippen LogP contribution in [0, 0.1) is 5.92 Å². The van der Waals surface area contributed by atoms with Crippen LogP contribution in [-0.2, 0) is 14.4 Å². The molecule has 0 unspecified atom stereocenters. The summed E-state index contributed by atoms with van der Waals surface area (Å²) < 4.78 is 10.6. The fraction of sp³-hybridized carbons (Fsp3) is 0.261. The van der Waals surface area contributed by atoms with Gasteiger partial charge in [-0.25, -0.2) is 0 Å². The Hall–Kier alpha value is -3.81. The average Bonchev–Trinajstić information content (AvgIpc) is 3.18. The van der Waals surface area contributed by atoms with Crippen molar-refractivity contribution in [2.75, 3.05) is 37.0 Å². The zero-order valence-corrected chi connectivity index (χ0v) is 17.3. The molecule has 2 N–H and O–H groups in total. The summed E-state index contributed by atoms with van der Waals surface area (Å²) in [6.07, 6.45) is 1.77. The first kappa shape index (κ1) is 21.9. The molecule has 0 aromatic heterocycles. The summed E-state index contributed by atoms with van der Waals surface area (Å²) in [5.41, 5.74) is 1.32. The van der Waals surface area contributed by atoms with Crippen LogP contribution in [0.4, 0.5) is 11.4 Å². The SMILES string of the molecule is C=CCNC(=O)[C@H]1CC(=O)N(c2ccc(OCC(=O)Nc3ccc(OC)cc3)cc2)C1. The van der Waals surface area contributed by atoms with Crippen molar-refractivity contribution in [3.63, 3.8) is 0 Å². The van der Waals surface area contributed by atoms with Crippen molar-refractivity contribution in [2.24, 2.45) is 5.92 Å². The van der Waals surface area contributed by atoms with Gasteiger partial charge in [-0.2, -0.15) is 0 Å². The second-order valence-corrected chi connectivity index (χ2v) is 7.00. The highest BCUT2D eigenvalue weighted by molar-refractivity contribution is 6.00. The van der Waals surface area contributed by atoms with Crippen molar-refractivity contribution in [1.82, 2.24) is 5.32 Å². The number of amides is 3. The lowest BCUT2D eigenvalue weighted by Gasteiger charge is -2.17. The van der Waals surface area contributed by atoms with Crippen LogP contribution in [0.5, 0.6) is 11.5 Å². The highest BCUT2D eigenvalue weighted by atomic mass is 16.5. The maximum atomic E-state index is 12.3. The third-order valence-electron chi connectivity index (χ3n) is 4.81. The van der Waals surface area contributed by atoms with Gasteiger partial charge in [-0.05, 0) is 48.5 Å². The lowest BCUT2D eigenvalue weighted by atomic mass is 10.1. The minimum absolute atomic E-state index is 0.105. The molecule has 2 aromatic carbocycles. The third kappa shape index (κ3) is 5.85. The van der Waals surface area contributed by atoms with Gasteiger partial charge in [0.15, 0.2) is 6.61 Å². The highest BCUT2D eigenvalue weighted by Gasteiger charge is 2.34. The molecule has 3 rings (SSSR count). The maximum absolute atomic E-state index is 12.3. The predicted molar refractivity (Wildman–Crippen MR) is 117 cm³/mol. The van der Waals surface area contributed by atoms with E-state index in [9.17, 15) is 14.4 Å². The average molecular weight is 423 g/mol. The second-order valence-electron chi connectivity index (χ2n) is 7.00. The van der Waals surface area contributed by atoms with Gasteiger partial charge in [0.05, 0.1) is 13.0 Å². The van der Waals surface area contributed by atoms with Gasteiger partial charge in [0.2, 0.25) is 11.8 Å². The Kier molecular flexibility index (Phi) is 7.26. The number of rotatable bonds is 9. The summed E-state index contributed by atoms with van der Waals surface area (Å²) in [4.78, 5) is 38.1. The zero-order valence-electron chi connectivity index (χ0n) is 17.3. The van der Waals surface area contributed by atoms with Crippen LogP contribution in [0.3, 0.4) is 0 Å². The van der Waals surface area contributed by atoms with E-state index in [0.29, 0.717) is 36.0 Å². The van der Waals surface area contributed by atoms with E-state index in [0.717, 1.165) is 0 Å². The molecule has 0 bridgehead atoms. The molecule has 31 heavy (non-hydrogen) atoms. The van der Waals surface area contributed by atoms with E-state index in [4.69, 9.17) is 9.47 Å². The van der Waals surface area contributed by atoms with Gasteiger partial charge in [-0.15, -0.1) is 6.58 Å². The van der Waals surface area contributed by atoms with Gasteiger partial charge in [-0.1, -0.05) is 6.08 Å². The summed E-state index contributed by atoms with van der Waals surface area (Å²) in [5.74, 6) is 0.266. The van der Waals surface area contributed by atoms with Crippen molar-refractivity contribution in [1.29, 1.82) is 0 Å². The largest absolute Gasteiger partial charge is 0.497 e. The van der Waals surface area contributed by atoms with Crippen LogP contribution in [0.25, 0.3) is 0 Å². The van der Waals surface area contributed by atoms with Gasteiger partial charge < -0.3 is 25.0 Å². The van der Waals surface area contributed by atoms with Crippen LogP contribution >= 0.6 is 0 Å². The number of hydrogen-bond donors (Lipinski definition) is 2. The van der Waals surface area contributed by atoms with Gasteiger partial charge in [0.1, 0.15) is 11.5 Å². The zero-order chi connectivity index (χ0) is 22.2. The Morgan fingerprint density at radius 2 is 1.81 bits per heavy atom. The van der Waals surface area contributed by atoms with E-state index >= 15 is 0 Å². The van der Waals surface area contributed by atoms with Gasteiger partial charge in [-0.3, -0.25) is 14.4 Å². The fourth-order valence-corrected chi connectivity index (χ4v) is 3.19. The number of carbonyl (C=O) groups is 3. The Morgan fingerprint density at radius 3 is 2.45 bits per heavy atom. The van der Waals surface area contributed by atoms with E-state index in [1.54, 1.807) is 66.6 Å². The maximum Gasteiger partial charge on any atom is 0.262 e. The predicted octanol–water partition coefficient (Wildman–Crippen LogP) is 2.37. The van der Waals surface area contributed by atoms with Crippen molar-refractivity contribution in [3.05, 3.63) is 61.2 Å². The second kappa shape index (κ2) is 10.3. The number of benzene rings is 2. The Bertz CT molecular complexity index is 941. The van der Waals surface area contributed by atoms with Crippen LogP contribution in [0.1, 0.15) is 6.42 Å². The number of methoxy groups -OCH3 is 1. The van der Waals surface area contributed by atoms with Crippen LogP contribution in [0.15, 0.2) is 61.2 Å². The van der Waals surface area contributed by atoms with E-state index in [2.05, 4.69) is 17.2 Å². The number of anilines is 2. The summed E-state index contributed by atoms with van der Waals surface area (Å²) >= 11 is 0. The molecule has 1 saturated heterocycles. The van der Waals surface area contributed by atoms with E-state index < -0.39 is 0 Å². The van der Waals surface area contributed by atoms with E-state index in [-0.39, 0.29) is 36.7 Å². The minimum Gasteiger partial charge on any atom is -0.497 e. The third-order valence-corrected chi connectivity index (χ3v) is 4.81. The molecule has 162 valence electrons. The molecule has 0 saturated carbocycles. The fourth-order valence-electron chi connectivity index (χ4n) is 3.19. The molecule has 8 heteroatoms. The molecule has 1 atom stereocenters. The molecule has 1 heterocycles. The summed E-state index contributed by atoms with van der Waals surface area (Å²) in [6.45, 7) is 4.11. The summed E-state index contributed by atoms with van der Waals surface area (Å²) in [5, 5.41) is 5.47. The molecule has 1 aliphatic heterocycles. The molecule has 1 aliphatic rings. The number of carbonyl (C=O) groups excluding carboxylic acids is 3. The van der Waals surface area contributed by atoms with Crippen molar-refractivity contribution in [2.45, 2.75) is 6.42 Å². The normalized spacial score (nSPS) is 15.3. The molecule has 2 aromatic rings. The topological polar surface area (TPSA) is 97.0 Å². The molecule has 0 radical (unpaired) electrons. The van der Waals surface area contributed by atoms with Crippen molar-refractivity contribution < 1.29 is 23.9 Å². The summed E-state index contributed by atoms with van der Waals surface area (Å²) in [6, 6.07) is 13.8. The van der Waals surface area contributed by atoms with Crippen molar-refractivity contribution in [3.8, 4) is 11.5 Å². The van der Waals surface area contributed by atoms with E-state index in [1.807, 2.05) is 0 Å². The first-order valence-corrected chi connectivity index (χ1v) is 9.86. The summed E-state index contributed by atoms with van der Waals surface area (Å²) in [7, 11) is 1.58. The Labute approximate surface area is 180 Å². The molecule has 3 amide bonds. The highest BCUT2D eigenvalue weighted by Crippen LogP contribution is 2.27. The molecule has 1 fully saturated rings. The molecule has 8 nitrogen and oxygen atoms in total. The van der Waals surface area contributed by atoms with Crippen LogP contribution in [-0.4, -0.2) is 44.5 Å². The molecular formula is C23H25N3O5. The number of nitrogens with one attached hydrogen (secondary N) is 2. The van der Waals surface area contributed by atoms with Crippen molar-refractivity contribution >= 4 is 29.1 Å². The Morgan fingerprint density at radius 1 is 1.13 bits per heavy atom. The van der Waals surface area contributed by atoms with Gasteiger partial charge >= 0.3 is 0 Å². The Balaban J connectivity index is 1.50. The molecule has 0 spiro atoms. The number of ether oxygens (including phenoxy) is 2.